The highest BCUT2D eigenvalue weighted by Gasteiger charge is 2.34. The number of amides is 2. The molecule has 0 aliphatic carbocycles. The molecule has 0 spiro atoms. The van der Waals surface area contributed by atoms with Crippen molar-refractivity contribution >= 4 is 43.5 Å². The van der Waals surface area contributed by atoms with Gasteiger partial charge in [0.2, 0.25) is 11.8 Å². The Kier molecular flexibility index (Phi) is 11.2. The molecule has 1 N–H and O–H groups in total. The van der Waals surface area contributed by atoms with Crippen LogP contribution in [-0.2, 0) is 26.2 Å². The number of anilines is 1. The van der Waals surface area contributed by atoms with Crippen LogP contribution in [-0.4, -0.2) is 58.5 Å². The molecule has 0 heterocycles. The zero-order chi connectivity index (χ0) is 30.2. The highest BCUT2D eigenvalue weighted by molar-refractivity contribution is 9.10. The molecule has 3 aromatic carbocycles. The van der Waals surface area contributed by atoms with Crippen molar-refractivity contribution in [1.29, 1.82) is 0 Å². The summed E-state index contributed by atoms with van der Waals surface area (Å²) < 4.78 is 40.9. The number of ether oxygens (including phenoxy) is 2. The smallest absolute Gasteiger partial charge is 0.264 e. The lowest BCUT2D eigenvalue weighted by molar-refractivity contribution is -0.139. The minimum absolute atomic E-state index is 0.00745. The Labute approximate surface area is 250 Å². The Balaban J connectivity index is 2.11. The fraction of sp³-hybridized carbons (Fsp3) is 0.333. The fourth-order valence-electron chi connectivity index (χ4n) is 4.15. The normalized spacial score (nSPS) is 11.9. The number of methoxy groups -OCH3 is 2. The largest absolute Gasteiger partial charge is 0.497 e. The molecule has 0 aliphatic rings. The molecule has 2 amide bonds. The summed E-state index contributed by atoms with van der Waals surface area (Å²) in [7, 11) is -1.37. The molecular formula is C30H36BrN3O6S. The van der Waals surface area contributed by atoms with Crippen molar-refractivity contribution in [3.8, 4) is 11.5 Å². The molecule has 11 heteroatoms. The average Bonchev–Trinajstić information content (AvgIpc) is 2.96. The van der Waals surface area contributed by atoms with Gasteiger partial charge in [0, 0.05) is 23.6 Å². The standard InChI is InChI=1S/C30H36BrN3O6S/c1-6-16-32-30(36)22(3)33(19-23-8-7-9-24(31)17-23)29(35)20-34(27-18-25(39-4)12-15-28(27)40-5)41(37,38)26-13-10-21(2)11-14-26/h7-15,17-18,22H,6,16,19-20H2,1-5H3,(H,32,36). The summed E-state index contributed by atoms with van der Waals surface area (Å²) in [4.78, 5) is 28.5. The summed E-state index contributed by atoms with van der Waals surface area (Å²) in [6.07, 6.45) is 0.732. The third kappa shape index (κ3) is 8.01. The number of carbonyl (C=O) groups excluding carboxylic acids is 2. The van der Waals surface area contributed by atoms with Crippen molar-refractivity contribution in [1.82, 2.24) is 10.2 Å². The van der Waals surface area contributed by atoms with Crippen LogP contribution >= 0.6 is 15.9 Å². The first kappa shape index (κ1) is 32.0. The molecular weight excluding hydrogens is 610 g/mol. The second-order valence-electron chi connectivity index (χ2n) is 9.48. The van der Waals surface area contributed by atoms with Crippen LogP contribution in [0.2, 0.25) is 0 Å². The number of sulfonamides is 1. The minimum Gasteiger partial charge on any atom is -0.497 e. The van der Waals surface area contributed by atoms with Gasteiger partial charge in [-0.05, 0) is 62.2 Å². The van der Waals surface area contributed by atoms with Crippen LogP contribution in [0.25, 0.3) is 0 Å². The van der Waals surface area contributed by atoms with E-state index in [9.17, 15) is 18.0 Å². The van der Waals surface area contributed by atoms with Crippen molar-refractivity contribution in [2.75, 3.05) is 31.6 Å². The number of hydrogen-bond acceptors (Lipinski definition) is 6. The summed E-state index contributed by atoms with van der Waals surface area (Å²) >= 11 is 3.45. The van der Waals surface area contributed by atoms with Gasteiger partial charge in [0.15, 0.2) is 0 Å². The van der Waals surface area contributed by atoms with E-state index in [-0.39, 0.29) is 28.8 Å². The van der Waals surface area contributed by atoms with Crippen LogP contribution < -0.4 is 19.1 Å². The van der Waals surface area contributed by atoms with Gasteiger partial charge in [-0.25, -0.2) is 8.42 Å². The highest BCUT2D eigenvalue weighted by atomic mass is 79.9. The van der Waals surface area contributed by atoms with E-state index < -0.39 is 28.5 Å². The first-order valence-corrected chi connectivity index (χ1v) is 15.4. The highest BCUT2D eigenvalue weighted by Crippen LogP contribution is 2.36. The van der Waals surface area contributed by atoms with Crippen LogP contribution in [0, 0.1) is 6.92 Å². The van der Waals surface area contributed by atoms with Crippen molar-refractivity contribution in [3.63, 3.8) is 0 Å². The molecule has 3 rings (SSSR count). The number of halogens is 1. The number of hydrogen-bond donors (Lipinski definition) is 1. The van der Waals surface area contributed by atoms with Crippen molar-refractivity contribution in [2.45, 2.75) is 44.7 Å². The second-order valence-corrected chi connectivity index (χ2v) is 12.3. The number of benzene rings is 3. The Bertz CT molecular complexity index is 1460. The molecule has 41 heavy (non-hydrogen) atoms. The van der Waals surface area contributed by atoms with E-state index in [1.165, 1.54) is 37.3 Å². The van der Waals surface area contributed by atoms with Crippen LogP contribution in [0.4, 0.5) is 5.69 Å². The maximum Gasteiger partial charge on any atom is 0.264 e. The third-order valence-corrected chi connectivity index (χ3v) is 8.77. The van der Waals surface area contributed by atoms with Crippen molar-refractivity contribution < 1.29 is 27.5 Å². The van der Waals surface area contributed by atoms with Gasteiger partial charge < -0.3 is 19.7 Å². The van der Waals surface area contributed by atoms with Gasteiger partial charge in [0.05, 0.1) is 24.8 Å². The van der Waals surface area contributed by atoms with E-state index in [1.54, 1.807) is 31.2 Å². The lowest BCUT2D eigenvalue weighted by Gasteiger charge is -2.32. The molecule has 3 aromatic rings. The van der Waals surface area contributed by atoms with Crippen LogP contribution in [0.5, 0.6) is 11.5 Å². The Morgan fingerprint density at radius 3 is 2.32 bits per heavy atom. The van der Waals surface area contributed by atoms with Crippen molar-refractivity contribution in [3.05, 3.63) is 82.3 Å². The summed E-state index contributed by atoms with van der Waals surface area (Å²) in [5.41, 5.74) is 1.79. The topological polar surface area (TPSA) is 105 Å². The van der Waals surface area contributed by atoms with E-state index in [2.05, 4.69) is 21.2 Å². The lowest BCUT2D eigenvalue weighted by Crippen LogP contribution is -2.51. The first-order chi connectivity index (χ1) is 19.5. The number of nitrogens with one attached hydrogen (secondary N) is 1. The zero-order valence-corrected chi connectivity index (χ0v) is 26.3. The SMILES string of the molecule is CCCNC(=O)C(C)N(Cc1cccc(Br)c1)C(=O)CN(c1cc(OC)ccc1OC)S(=O)(=O)c1ccc(C)cc1. The Morgan fingerprint density at radius 1 is 1.00 bits per heavy atom. The Hall–Kier alpha value is -3.57. The van der Waals surface area contributed by atoms with Crippen LogP contribution in [0.1, 0.15) is 31.4 Å². The molecule has 0 saturated carbocycles. The van der Waals surface area contributed by atoms with Gasteiger partial charge in [-0.3, -0.25) is 13.9 Å². The number of carbonyl (C=O) groups is 2. The van der Waals surface area contributed by atoms with Gasteiger partial charge in [-0.2, -0.15) is 0 Å². The minimum atomic E-state index is -4.25. The van der Waals surface area contributed by atoms with Crippen molar-refractivity contribution in [2.24, 2.45) is 0 Å². The average molecular weight is 647 g/mol. The molecule has 1 unspecified atom stereocenters. The molecule has 9 nitrogen and oxygen atoms in total. The summed E-state index contributed by atoms with van der Waals surface area (Å²) in [5, 5.41) is 2.83. The quantitative estimate of drug-likeness (QED) is 0.283. The molecule has 0 fully saturated rings. The summed E-state index contributed by atoms with van der Waals surface area (Å²) in [5.74, 6) is -0.274. The second kappa shape index (κ2) is 14.4. The third-order valence-electron chi connectivity index (χ3n) is 6.50. The van der Waals surface area contributed by atoms with Gasteiger partial charge in [0.25, 0.3) is 10.0 Å². The van der Waals surface area contributed by atoms with Crippen LogP contribution in [0.15, 0.2) is 76.1 Å². The van der Waals surface area contributed by atoms with E-state index in [1.807, 2.05) is 38.1 Å². The molecule has 0 saturated heterocycles. The monoisotopic (exact) mass is 645 g/mol. The zero-order valence-electron chi connectivity index (χ0n) is 23.9. The predicted octanol–water partition coefficient (Wildman–Crippen LogP) is 4.91. The molecule has 0 aromatic heterocycles. The number of nitrogens with zero attached hydrogens (tertiary/aromatic N) is 2. The van der Waals surface area contributed by atoms with E-state index >= 15 is 0 Å². The van der Waals surface area contributed by atoms with Crippen LogP contribution in [0.3, 0.4) is 0 Å². The predicted molar refractivity (Wildman–Crippen MR) is 163 cm³/mol. The van der Waals surface area contributed by atoms with Gasteiger partial charge in [-0.1, -0.05) is 52.7 Å². The molecule has 1 atom stereocenters. The lowest BCUT2D eigenvalue weighted by atomic mass is 10.1. The summed E-state index contributed by atoms with van der Waals surface area (Å²) in [6, 6.07) is 17.6. The molecule has 220 valence electrons. The molecule has 0 bridgehead atoms. The van der Waals surface area contributed by atoms with Gasteiger partial charge in [0.1, 0.15) is 24.1 Å². The molecule has 0 aliphatic heterocycles. The maximum absolute atomic E-state index is 14.1. The molecule has 0 radical (unpaired) electrons. The van der Waals surface area contributed by atoms with Gasteiger partial charge in [-0.15, -0.1) is 0 Å². The Morgan fingerprint density at radius 2 is 1.71 bits per heavy atom. The van der Waals surface area contributed by atoms with Gasteiger partial charge >= 0.3 is 0 Å². The fourth-order valence-corrected chi connectivity index (χ4v) is 6.02. The van der Waals surface area contributed by atoms with E-state index in [4.69, 9.17) is 9.47 Å². The summed E-state index contributed by atoms with van der Waals surface area (Å²) in [6.45, 7) is 5.38. The van der Waals surface area contributed by atoms with E-state index in [0.29, 0.717) is 12.3 Å². The number of rotatable bonds is 13. The maximum atomic E-state index is 14.1. The first-order valence-electron chi connectivity index (χ1n) is 13.1. The van der Waals surface area contributed by atoms with E-state index in [0.717, 1.165) is 26.3 Å². The number of aryl methyl sites for hydroxylation is 1.